The van der Waals surface area contributed by atoms with E-state index in [1.165, 1.54) is 0 Å². The third-order valence-corrected chi connectivity index (χ3v) is 12.9. The summed E-state index contributed by atoms with van der Waals surface area (Å²) >= 11 is 0. The highest BCUT2D eigenvalue weighted by molar-refractivity contribution is 6.10. The van der Waals surface area contributed by atoms with E-state index in [0.717, 1.165) is 92.9 Å². The number of carbonyl (C=O) groups is 2. The van der Waals surface area contributed by atoms with Crippen molar-refractivity contribution < 1.29 is 19.8 Å². The van der Waals surface area contributed by atoms with Gasteiger partial charge in [-0.05, 0) is 124 Å². The van der Waals surface area contributed by atoms with Gasteiger partial charge in [0.05, 0.1) is 34.0 Å². The molecule has 0 aliphatic heterocycles. The van der Waals surface area contributed by atoms with Gasteiger partial charge in [-0.3, -0.25) is 10.9 Å². The Balaban J connectivity index is 1.83. The molecule has 7 N–H and O–H groups in total. The normalized spacial score (nSPS) is 11.4. The largest absolute Gasteiger partial charge is 0.478 e. The van der Waals surface area contributed by atoms with Gasteiger partial charge >= 0.3 is 11.9 Å². The molecule has 0 amide bonds. The highest BCUT2D eigenvalue weighted by Gasteiger charge is 2.31. The van der Waals surface area contributed by atoms with Crippen LogP contribution in [0.3, 0.4) is 0 Å². The molecule has 6 aromatic carbocycles. The Hall–Kier alpha value is -6.94. The van der Waals surface area contributed by atoms with Crippen LogP contribution in [0.15, 0.2) is 103 Å². The number of anilines is 9. The van der Waals surface area contributed by atoms with Crippen molar-refractivity contribution in [3.05, 3.63) is 159 Å². The van der Waals surface area contributed by atoms with Crippen LogP contribution in [-0.4, -0.2) is 22.2 Å². The fraction of sp³-hybridized carbons (Fsp3) is 0.345. The second-order valence-corrected chi connectivity index (χ2v) is 18.8. The molecule has 0 aliphatic carbocycles. The van der Waals surface area contributed by atoms with E-state index in [-0.39, 0.29) is 34.8 Å². The van der Waals surface area contributed by atoms with Crippen LogP contribution in [0.4, 0.5) is 51.2 Å². The third kappa shape index (κ3) is 11.1. The summed E-state index contributed by atoms with van der Waals surface area (Å²) in [4.78, 5) is 27.6. The Bertz CT molecular complexity index is 2710. The first-order chi connectivity index (χ1) is 32.5. The van der Waals surface area contributed by atoms with Crippen LogP contribution in [0.2, 0.25) is 0 Å². The van der Waals surface area contributed by atoms with Gasteiger partial charge < -0.3 is 26.2 Å². The summed E-state index contributed by atoms with van der Waals surface area (Å²) in [6.07, 6.45) is 3.00. The molecule has 6 aromatic rings. The van der Waals surface area contributed by atoms with E-state index >= 15 is 0 Å². The van der Waals surface area contributed by atoms with Crippen LogP contribution in [-0.2, 0) is 25.7 Å². The molecular formula is C58H72N6O4. The lowest BCUT2D eigenvalue weighted by Gasteiger charge is -2.34. The van der Waals surface area contributed by atoms with E-state index in [1.807, 2.05) is 6.07 Å². The van der Waals surface area contributed by atoms with Gasteiger partial charge in [0.1, 0.15) is 11.3 Å². The van der Waals surface area contributed by atoms with Crippen molar-refractivity contribution in [2.45, 2.75) is 132 Å². The Morgan fingerprint density at radius 2 is 1.06 bits per heavy atom. The number of carboxylic acids is 2. The van der Waals surface area contributed by atoms with Crippen LogP contribution < -0.4 is 31.9 Å². The summed E-state index contributed by atoms with van der Waals surface area (Å²) in [5, 5.41) is 35.5. The number of hydrogen-bond donors (Lipinski definition) is 7. The molecule has 0 aromatic heterocycles. The van der Waals surface area contributed by atoms with Gasteiger partial charge in [0, 0.05) is 17.1 Å². The van der Waals surface area contributed by atoms with E-state index in [9.17, 15) is 19.8 Å². The first-order valence-corrected chi connectivity index (χ1v) is 24.4. The van der Waals surface area contributed by atoms with Crippen LogP contribution in [0.5, 0.6) is 0 Å². The first kappa shape index (κ1) is 50.5. The van der Waals surface area contributed by atoms with Crippen molar-refractivity contribution in [2.24, 2.45) is 0 Å². The van der Waals surface area contributed by atoms with Crippen LogP contribution in [0.25, 0.3) is 0 Å². The molecule has 68 heavy (non-hydrogen) atoms. The number of aromatic carboxylic acids is 2. The number of carboxylic acid groups (broad SMARTS) is 2. The van der Waals surface area contributed by atoms with Gasteiger partial charge in [-0.2, -0.15) is 5.12 Å². The van der Waals surface area contributed by atoms with Gasteiger partial charge in [0.2, 0.25) is 0 Å². The van der Waals surface area contributed by atoms with Crippen molar-refractivity contribution in [2.75, 3.05) is 31.9 Å². The average molecular weight is 917 g/mol. The number of aryl methyl sites for hydroxylation is 4. The van der Waals surface area contributed by atoms with Crippen molar-refractivity contribution in [3.8, 4) is 0 Å². The highest BCUT2D eigenvalue weighted by Crippen LogP contribution is 2.48. The number of nitrogens with one attached hydrogen (secondary N) is 5. The Morgan fingerprint density at radius 3 is 1.62 bits per heavy atom. The third-order valence-electron chi connectivity index (χ3n) is 12.9. The van der Waals surface area contributed by atoms with E-state index in [1.54, 1.807) is 29.4 Å². The SMILES string of the molecule is CCc1ccc(CC)c(Nc2c(Nc3c(CC)cccc3CC)cc(N(Nc3ccccc3C(=O)O)Nc3cc(C(C)C)ccc3C(C)C)c(Nc3c(C(C)C)cccc3C(C)C)c2C(=O)O)c1. The molecule has 0 saturated carbocycles. The van der Waals surface area contributed by atoms with Gasteiger partial charge in [0.25, 0.3) is 0 Å². The number of rotatable bonds is 21. The number of hydrazine groups is 2. The van der Waals surface area contributed by atoms with Gasteiger partial charge in [-0.15, -0.1) is 0 Å². The number of nitrogens with zero attached hydrogens (tertiary/aromatic N) is 1. The molecule has 6 rings (SSSR count). The maximum atomic E-state index is 14.6. The van der Waals surface area contributed by atoms with Crippen molar-refractivity contribution in [1.29, 1.82) is 0 Å². The number of para-hydroxylation sites is 3. The lowest BCUT2D eigenvalue weighted by molar-refractivity contribution is 0.0687. The Kier molecular flexibility index (Phi) is 16.5. The maximum absolute atomic E-state index is 14.6. The molecule has 10 nitrogen and oxygen atoms in total. The zero-order valence-electron chi connectivity index (χ0n) is 42.1. The van der Waals surface area contributed by atoms with Crippen LogP contribution in [0.1, 0.15) is 172 Å². The van der Waals surface area contributed by atoms with E-state index in [4.69, 9.17) is 0 Å². The molecule has 358 valence electrons. The van der Waals surface area contributed by atoms with E-state index < -0.39 is 11.9 Å². The summed E-state index contributed by atoms with van der Waals surface area (Å²) in [6.45, 7) is 25.6. The smallest absolute Gasteiger partial charge is 0.340 e. The van der Waals surface area contributed by atoms with Crippen molar-refractivity contribution in [3.63, 3.8) is 0 Å². The molecule has 0 spiro atoms. The Labute approximate surface area is 404 Å². The second kappa shape index (κ2) is 22.2. The fourth-order valence-corrected chi connectivity index (χ4v) is 8.86. The van der Waals surface area contributed by atoms with Crippen LogP contribution in [0, 0.1) is 0 Å². The molecule has 0 fully saturated rings. The molecule has 10 heteroatoms. The lowest BCUT2D eigenvalue weighted by atomic mass is 9.92. The minimum Gasteiger partial charge on any atom is -0.478 e. The molecule has 0 bridgehead atoms. The molecule has 0 saturated heterocycles. The molecule has 0 heterocycles. The zero-order valence-corrected chi connectivity index (χ0v) is 42.1. The minimum atomic E-state index is -1.16. The summed E-state index contributed by atoms with van der Waals surface area (Å²) in [7, 11) is 0. The summed E-state index contributed by atoms with van der Waals surface area (Å²) < 4.78 is 0. The fourth-order valence-electron chi connectivity index (χ4n) is 8.86. The summed E-state index contributed by atoms with van der Waals surface area (Å²) in [5.41, 5.74) is 20.9. The lowest BCUT2D eigenvalue weighted by Crippen LogP contribution is -2.37. The molecule has 0 atom stereocenters. The highest BCUT2D eigenvalue weighted by atomic mass is 16.4. The maximum Gasteiger partial charge on any atom is 0.340 e. The predicted molar refractivity (Wildman–Crippen MR) is 286 cm³/mol. The van der Waals surface area contributed by atoms with Crippen LogP contribution >= 0.6 is 0 Å². The average Bonchev–Trinajstić information content (AvgIpc) is 3.31. The zero-order chi connectivity index (χ0) is 49.4. The van der Waals surface area contributed by atoms with Crippen molar-refractivity contribution in [1.82, 2.24) is 0 Å². The molecule has 0 aliphatic rings. The molecule has 0 radical (unpaired) electrons. The monoisotopic (exact) mass is 917 g/mol. The predicted octanol–water partition coefficient (Wildman–Crippen LogP) is 15.9. The number of benzene rings is 6. The summed E-state index contributed by atoms with van der Waals surface area (Å²) in [5.74, 6) is -1.81. The van der Waals surface area contributed by atoms with Gasteiger partial charge in [-0.1, -0.05) is 156 Å². The van der Waals surface area contributed by atoms with E-state index in [2.05, 4.69) is 183 Å². The second-order valence-electron chi connectivity index (χ2n) is 18.8. The Morgan fingerprint density at radius 1 is 0.471 bits per heavy atom. The standard InChI is InChI=1S/C58H72N6O4/c1-13-38-27-28-39(14-2)48(31-38)59-55-50(60-53-40(15-3)21-19-22-41(53)16-4)33-51(56(52(55)58(67)68)61-54-44(36(9)10)24-20-25-45(54)37(11)12)64(62-47-26-18-17-23-46(47)57(65)66)63-49-32-42(34(5)6)29-30-43(49)35(7)8/h17-37,59-63H,13-16H2,1-12H3,(H,65,66)(H,67,68). The number of hydrogen-bond acceptors (Lipinski definition) is 8. The molecular weight excluding hydrogens is 845 g/mol. The van der Waals surface area contributed by atoms with E-state index in [0.29, 0.717) is 28.4 Å². The van der Waals surface area contributed by atoms with Gasteiger partial charge in [-0.25, -0.2) is 9.59 Å². The van der Waals surface area contributed by atoms with Crippen molar-refractivity contribution >= 4 is 63.1 Å². The first-order valence-electron chi connectivity index (χ1n) is 24.4. The molecule has 0 unspecified atom stereocenters. The van der Waals surface area contributed by atoms with Gasteiger partial charge in [0.15, 0.2) is 0 Å². The minimum absolute atomic E-state index is 0.00520. The quantitative estimate of drug-likeness (QED) is 0.0349. The topological polar surface area (TPSA) is 138 Å². The summed E-state index contributed by atoms with van der Waals surface area (Å²) in [6, 6.07) is 34.0.